The van der Waals surface area contributed by atoms with Crippen LogP contribution in [-0.2, 0) is 53.1 Å². The summed E-state index contributed by atoms with van der Waals surface area (Å²) in [5.74, 6) is 1.66. The molecule has 0 bridgehead atoms. The number of benzene rings is 1. The van der Waals surface area contributed by atoms with Crippen LogP contribution < -0.4 is 9.47 Å². The van der Waals surface area contributed by atoms with Crippen LogP contribution in [-0.4, -0.2) is 39.8 Å². The van der Waals surface area contributed by atoms with Crippen molar-refractivity contribution in [2.75, 3.05) is 39.8 Å². The molecule has 0 saturated carbocycles. The van der Waals surface area contributed by atoms with Crippen molar-refractivity contribution in [3.8, 4) is 11.5 Å². The molecule has 1 radical (unpaired) electrons. The van der Waals surface area contributed by atoms with E-state index in [-0.39, 0.29) is 25.8 Å². The van der Waals surface area contributed by atoms with Crippen LogP contribution in [0.1, 0.15) is 44.2 Å². The van der Waals surface area contributed by atoms with Crippen LogP contribution in [0, 0.1) is 0 Å². The molecule has 0 N–H and O–H groups in total. The molecule has 0 fully saturated rings. The van der Waals surface area contributed by atoms with Gasteiger partial charge in [0.05, 0.1) is 33.0 Å². The third-order valence-corrected chi connectivity index (χ3v) is 3.86. The van der Waals surface area contributed by atoms with Gasteiger partial charge in [0.1, 0.15) is 0 Å². The van der Waals surface area contributed by atoms with E-state index in [4.69, 9.17) is 23.7 Å². The van der Waals surface area contributed by atoms with E-state index in [1.165, 1.54) is 11.1 Å². The summed E-state index contributed by atoms with van der Waals surface area (Å²) in [6.45, 7) is 8.47. The smallest absolute Gasteiger partial charge is 0.231 e. The van der Waals surface area contributed by atoms with Crippen molar-refractivity contribution in [2.45, 2.75) is 46.1 Å². The molecule has 0 spiro atoms. The Morgan fingerprint density at radius 3 is 2.04 bits per heavy atom. The van der Waals surface area contributed by atoms with Crippen LogP contribution in [0.5, 0.6) is 11.5 Å². The fraction of sp³-hybridized carbons (Fsp3) is 0.684. The van der Waals surface area contributed by atoms with Gasteiger partial charge in [-0.1, -0.05) is 26.7 Å². The van der Waals surface area contributed by atoms with Crippen LogP contribution in [0.25, 0.3) is 0 Å². The predicted octanol–water partition coefficient (Wildman–Crippen LogP) is 3.72. The third-order valence-electron chi connectivity index (χ3n) is 3.86. The molecular formula is C19H30O5Sc. The fourth-order valence-corrected chi connectivity index (χ4v) is 2.53. The van der Waals surface area contributed by atoms with Gasteiger partial charge in [0, 0.05) is 32.5 Å². The minimum atomic E-state index is 0. The maximum absolute atomic E-state index is 5.75. The second-order valence-corrected chi connectivity index (χ2v) is 5.86. The topological polar surface area (TPSA) is 46.2 Å². The van der Waals surface area contributed by atoms with E-state index in [9.17, 15) is 0 Å². The Balaban J connectivity index is 0.00000312. The van der Waals surface area contributed by atoms with Crippen molar-refractivity contribution in [2.24, 2.45) is 0 Å². The first-order valence-electron chi connectivity index (χ1n) is 8.99. The molecule has 2 rings (SSSR count). The average molecular weight is 383 g/mol. The van der Waals surface area contributed by atoms with Crippen molar-refractivity contribution in [3.63, 3.8) is 0 Å². The molecule has 0 aromatic heterocycles. The van der Waals surface area contributed by atoms with Gasteiger partial charge < -0.3 is 23.7 Å². The minimum Gasteiger partial charge on any atom is -0.454 e. The largest absolute Gasteiger partial charge is 0.454 e. The molecule has 0 aliphatic carbocycles. The summed E-state index contributed by atoms with van der Waals surface area (Å²) in [4.78, 5) is 0. The summed E-state index contributed by atoms with van der Waals surface area (Å²) in [6.07, 6.45) is 4.38. The summed E-state index contributed by atoms with van der Waals surface area (Å²) in [6, 6.07) is 4.12. The van der Waals surface area contributed by atoms with Crippen LogP contribution in [0.4, 0.5) is 0 Å². The normalized spacial score (nSPS) is 12.2. The van der Waals surface area contributed by atoms with Gasteiger partial charge in [-0.25, -0.2) is 0 Å². The quantitative estimate of drug-likeness (QED) is 0.486. The second-order valence-electron chi connectivity index (χ2n) is 5.86. The monoisotopic (exact) mass is 383 g/mol. The SMILES string of the molecule is CCCCOCCOCCOCc1cc2c(cc1CCC)OCO2.[Sc]. The summed E-state index contributed by atoms with van der Waals surface area (Å²) in [5.41, 5.74) is 2.44. The number of hydrogen-bond acceptors (Lipinski definition) is 5. The number of unbranched alkanes of at least 4 members (excludes halogenated alkanes) is 1. The van der Waals surface area contributed by atoms with Crippen LogP contribution in [0.15, 0.2) is 12.1 Å². The van der Waals surface area contributed by atoms with Gasteiger partial charge in [0.15, 0.2) is 11.5 Å². The van der Waals surface area contributed by atoms with Crippen molar-refractivity contribution in [1.29, 1.82) is 0 Å². The molecule has 1 aromatic carbocycles. The van der Waals surface area contributed by atoms with E-state index in [2.05, 4.69) is 19.9 Å². The average Bonchev–Trinajstić information content (AvgIpc) is 3.04. The maximum atomic E-state index is 5.75. The Morgan fingerprint density at radius 1 is 0.800 bits per heavy atom. The molecule has 1 aliphatic heterocycles. The van der Waals surface area contributed by atoms with Crippen molar-refractivity contribution >= 4 is 0 Å². The zero-order chi connectivity index (χ0) is 17.0. The second kappa shape index (κ2) is 13.7. The first-order valence-corrected chi connectivity index (χ1v) is 8.99. The Bertz CT molecular complexity index is 481. The number of ether oxygens (including phenoxy) is 5. The summed E-state index contributed by atoms with van der Waals surface area (Å²) in [7, 11) is 0. The molecular weight excluding hydrogens is 353 g/mol. The van der Waals surface area contributed by atoms with E-state index in [1.54, 1.807) is 0 Å². The first kappa shape index (κ1) is 22.6. The fourth-order valence-electron chi connectivity index (χ4n) is 2.53. The Kier molecular flexibility index (Phi) is 12.4. The molecule has 1 heterocycles. The Labute approximate surface area is 170 Å². The van der Waals surface area contributed by atoms with Crippen molar-refractivity contribution in [3.05, 3.63) is 23.3 Å². The van der Waals surface area contributed by atoms with Gasteiger partial charge in [-0.05, 0) is 36.1 Å². The molecule has 25 heavy (non-hydrogen) atoms. The van der Waals surface area contributed by atoms with Gasteiger partial charge in [-0.2, -0.15) is 0 Å². The third kappa shape index (κ3) is 8.20. The van der Waals surface area contributed by atoms with E-state index in [0.717, 1.165) is 43.8 Å². The zero-order valence-electron chi connectivity index (χ0n) is 15.6. The number of rotatable bonds is 13. The van der Waals surface area contributed by atoms with E-state index < -0.39 is 0 Å². The Hall–Kier alpha value is -0.430. The van der Waals surface area contributed by atoms with Gasteiger partial charge >= 0.3 is 0 Å². The van der Waals surface area contributed by atoms with Gasteiger partial charge in [-0.15, -0.1) is 0 Å². The van der Waals surface area contributed by atoms with E-state index in [1.807, 2.05) is 6.07 Å². The molecule has 0 amide bonds. The molecule has 1 aromatic rings. The van der Waals surface area contributed by atoms with Gasteiger partial charge in [0.25, 0.3) is 0 Å². The van der Waals surface area contributed by atoms with E-state index >= 15 is 0 Å². The predicted molar refractivity (Wildman–Crippen MR) is 92.8 cm³/mol. The van der Waals surface area contributed by atoms with Crippen molar-refractivity contribution < 1.29 is 49.5 Å². The van der Waals surface area contributed by atoms with Crippen LogP contribution >= 0.6 is 0 Å². The van der Waals surface area contributed by atoms with Crippen LogP contribution in [0.2, 0.25) is 0 Å². The Morgan fingerprint density at radius 2 is 1.40 bits per heavy atom. The molecule has 0 unspecified atom stereocenters. The summed E-state index contributed by atoms with van der Waals surface area (Å²) >= 11 is 0. The molecule has 0 saturated heterocycles. The number of fused-ring (bicyclic) bond motifs is 1. The minimum absolute atomic E-state index is 0. The number of hydrogen-bond donors (Lipinski definition) is 0. The molecule has 0 atom stereocenters. The summed E-state index contributed by atoms with van der Waals surface area (Å²) < 4.78 is 27.6. The molecule has 6 heteroatoms. The zero-order valence-corrected chi connectivity index (χ0v) is 17.4. The molecule has 139 valence electrons. The summed E-state index contributed by atoms with van der Waals surface area (Å²) in [5, 5.41) is 0. The standard InChI is InChI=1S/C19H30O5.Sc/c1-3-5-7-20-8-9-21-10-11-22-14-17-13-19-18(23-15-24-19)12-16(17)6-4-2;/h12-13H,3-11,14-15H2,1-2H3;. The van der Waals surface area contributed by atoms with E-state index in [0.29, 0.717) is 39.8 Å². The van der Waals surface area contributed by atoms with Gasteiger partial charge in [-0.3, -0.25) is 0 Å². The van der Waals surface area contributed by atoms with Crippen LogP contribution in [0.3, 0.4) is 0 Å². The number of aryl methyl sites for hydroxylation is 1. The first-order chi connectivity index (χ1) is 11.8. The maximum Gasteiger partial charge on any atom is 0.231 e. The molecule has 1 aliphatic rings. The van der Waals surface area contributed by atoms with Crippen molar-refractivity contribution in [1.82, 2.24) is 0 Å². The molecule has 5 nitrogen and oxygen atoms in total. The van der Waals surface area contributed by atoms with Gasteiger partial charge in [0.2, 0.25) is 6.79 Å².